The molecule has 17 heteroatoms. The number of carbonyl (C=O) groups is 4. The zero-order chi connectivity index (χ0) is 28.3. The van der Waals surface area contributed by atoms with Crippen LogP contribution in [0.15, 0.2) is 46.6 Å². The molecule has 206 valence electrons. The molecule has 39 heavy (non-hydrogen) atoms. The lowest BCUT2D eigenvalue weighted by molar-refractivity contribution is -0.156. The number of thioether (sulfide) groups is 1. The number of aromatic nitrogens is 1. The van der Waals surface area contributed by atoms with Crippen LogP contribution in [-0.4, -0.2) is 70.4 Å². The first-order valence-electron chi connectivity index (χ1n) is 10.8. The maximum Gasteiger partial charge on any atom is 0.416 e. The average molecular weight is 586 g/mol. The number of hydrogen-bond acceptors (Lipinski definition) is 12. The van der Waals surface area contributed by atoms with E-state index in [1.54, 1.807) is 0 Å². The van der Waals surface area contributed by atoms with E-state index >= 15 is 0 Å². The van der Waals surface area contributed by atoms with Gasteiger partial charge in [-0.05, 0) is 24.3 Å². The summed E-state index contributed by atoms with van der Waals surface area (Å²) in [6.07, 6.45) is -3.23. The van der Waals surface area contributed by atoms with E-state index in [1.165, 1.54) is 30.3 Å². The number of ether oxygens (including phenoxy) is 2. The summed E-state index contributed by atoms with van der Waals surface area (Å²) in [5.41, 5.74) is 3.99. The lowest BCUT2D eigenvalue weighted by Crippen LogP contribution is -2.70. The molecule has 2 atom stereocenters. The molecule has 2 amide bonds. The molecule has 4 rings (SSSR count). The van der Waals surface area contributed by atoms with Crippen molar-refractivity contribution >= 4 is 57.7 Å². The van der Waals surface area contributed by atoms with Gasteiger partial charge in [0.15, 0.2) is 10.8 Å². The van der Waals surface area contributed by atoms with Gasteiger partial charge in [-0.3, -0.25) is 14.5 Å². The minimum Gasteiger partial charge on any atom is -0.424 e. The fourth-order valence-corrected chi connectivity index (χ4v) is 5.29. The van der Waals surface area contributed by atoms with Crippen molar-refractivity contribution in [3.05, 3.63) is 58.2 Å². The highest BCUT2D eigenvalue weighted by Crippen LogP contribution is 2.38. The Hall–Kier alpha value is -4.12. The average Bonchev–Trinajstić information content (AvgIpc) is 3.34. The molecule has 0 spiro atoms. The number of fused-ring (bicyclic) bond motifs is 1. The number of anilines is 1. The van der Waals surface area contributed by atoms with E-state index in [0.717, 1.165) is 34.4 Å². The molecule has 1 fully saturated rings. The molecule has 2 aliphatic rings. The molecule has 0 bridgehead atoms. The first-order valence-corrected chi connectivity index (χ1v) is 12.7. The van der Waals surface area contributed by atoms with Crippen molar-refractivity contribution in [3.8, 4) is 0 Å². The van der Waals surface area contributed by atoms with Crippen LogP contribution in [0.1, 0.15) is 21.6 Å². The number of thiazole rings is 1. The van der Waals surface area contributed by atoms with Crippen LogP contribution >= 0.6 is 23.1 Å². The molecule has 2 aliphatic heterocycles. The van der Waals surface area contributed by atoms with Gasteiger partial charge in [0.1, 0.15) is 29.9 Å². The number of β-lactam (4-membered cyclic amide) rings is 1. The number of carbonyl (C=O) groups excluding carboxylic acids is 4. The van der Waals surface area contributed by atoms with Crippen LogP contribution in [0.4, 0.5) is 18.3 Å². The molecule has 1 saturated heterocycles. The third-order valence-corrected chi connectivity index (χ3v) is 7.17. The lowest BCUT2D eigenvalue weighted by Gasteiger charge is -2.48. The number of nitrogens with two attached hydrogens (primary N) is 1. The van der Waals surface area contributed by atoms with Gasteiger partial charge in [-0.2, -0.15) is 13.2 Å². The van der Waals surface area contributed by atoms with Gasteiger partial charge in [-0.15, -0.1) is 23.1 Å². The zero-order valence-electron chi connectivity index (χ0n) is 19.8. The Bertz CT molecular complexity index is 1380. The standard InChI is InChI=1S/C22H18F3N5O7S2/c1-35-29-14(12-8-39-21(26)27-12)16(31)28-15-17(32)30-13(5-6-38-18(15)30)20(34)37-9-36-19(33)10-3-2-4-11(7-10)22(23,24)25/h2-5,7-8,15,18H,6,9H2,1H3,(H2,26,27)(H,28,31)/b29-14-/t15-,18-/m1/s1. The highest BCUT2D eigenvalue weighted by Gasteiger charge is 2.53. The molecule has 0 saturated carbocycles. The minimum absolute atomic E-state index is 0.137. The van der Waals surface area contributed by atoms with E-state index in [0.29, 0.717) is 6.07 Å². The second-order valence-electron chi connectivity index (χ2n) is 7.73. The van der Waals surface area contributed by atoms with Crippen LogP contribution in [0.5, 0.6) is 0 Å². The number of oxime groups is 1. The number of nitrogens with zero attached hydrogens (tertiary/aromatic N) is 3. The van der Waals surface area contributed by atoms with E-state index in [1.807, 2.05) is 0 Å². The summed E-state index contributed by atoms with van der Waals surface area (Å²) < 4.78 is 48.2. The van der Waals surface area contributed by atoms with Gasteiger partial charge >= 0.3 is 18.1 Å². The van der Waals surface area contributed by atoms with Crippen molar-refractivity contribution in [2.75, 3.05) is 25.4 Å². The summed E-state index contributed by atoms with van der Waals surface area (Å²) in [5.74, 6) is -3.22. The zero-order valence-corrected chi connectivity index (χ0v) is 21.4. The Balaban J connectivity index is 1.33. The van der Waals surface area contributed by atoms with Crippen LogP contribution in [0, 0.1) is 0 Å². The Morgan fingerprint density at radius 3 is 2.67 bits per heavy atom. The van der Waals surface area contributed by atoms with E-state index in [4.69, 9.17) is 20.0 Å². The van der Waals surface area contributed by atoms with Gasteiger partial charge in [-0.25, -0.2) is 14.6 Å². The largest absolute Gasteiger partial charge is 0.424 e. The SMILES string of the molecule is CO/N=C(\C(=O)N[C@@H]1C(=O)N2C(C(=O)OCOC(=O)c3cccc(C(F)(F)F)c3)=CCS[C@H]12)c1csc(N)n1. The molecule has 1 aromatic heterocycles. The number of amides is 2. The predicted octanol–water partition coefficient (Wildman–Crippen LogP) is 1.74. The van der Waals surface area contributed by atoms with Crippen molar-refractivity contribution in [2.24, 2.45) is 5.16 Å². The summed E-state index contributed by atoms with van der Waals surface area (Å²) in [5, 5.41) is 7.24. The van der Waals surface area contributed by atoms with Crippen molar-refractivity contribution in [3.63, 3.8) is 0 Å². The van der Waals surface area contributed by atoms with Gasteiger partial charge in [0, 0.05) is 11.1 Å². The van der Waals surface area contributed by atoms with Gasteiger partial charge in [0.2, 0.25) is 6.79 Å². The fraction of sp³-hybridized carbons (Fsp3) is 0.273. The number of esters is 2. The van der Waals surface area contributed by atoms with Gasteiger partial charge < -0.3 is 25.4 Å². The number of benzene rings is 1. The topological polar surface area (TPSA) is 163 Å². The lowest BCUT2D eigenvalue weighted by atomic mass is 10.0. The number of nitrogens with one attached hydrogen (secondary N) is 1. The highest BCUT2D eigenvalue weighted by molar-refractivity contribution is 8.00. The van der Waals surface area contributed by atoms with E-state index in [-0.39, 0.29) is 33.6 Å². The number of alkyl halides is 3. The smallest absolute Gasteiger partial charge is 0.416 e. The molecule has 1 aromatic carbocycles. The first kappa shape index (κ1) is 27.9. The second-order valence-corrected chi connectivity index (χ2v) is 9.77. The van der Waals surface area contributed by atoms with Gasteiger partial charge in [0.05, 0.1) is 11.1 Å². The molecule has 0 radical (unpaired) electrons. The molecule has 0 aliphatic carbocycles. The number of hydrogen-bond donors (Lipinski definition) is 2. The molecular weight excluding hydrogens is 567 g/mol. The predicted molar refractivity (Wildman–Crippen MR) is 131 cm³/mol. The Labute approximate surface area is 225 Å². The monoisotopic (exact) mass is 585 g/mol. The van der Waals surface area contributed by atoms with Gasteiger partial charge in [-0.1, -0.05) is 11.2 Å². The summed E-state index contributed by atoms with van der Waals surface area (Å²) in [6.45, 7) is -0.904. The fourth-order valence-electron chi connectivity index (χ4n) is 3.55. The van der Waals surface area contributed by atoms with Crippen LogP contribution in [0.3, 0.4) is 0 Å². The maximum atomic E-state index is 12.8. The highest BCUT2D eigenvalue weighted by atomic mass is 32.2. The van der Waals surface area contributed by atoms with E-state index < -0.39 is 53.7 Å². The molecular formula is C22H18F3N5O7S2. The molecule has 12 nitrogen and oxygen atoms in total. The second kappa shape index (κ2) is 11.3. The third-order valence-electron chi connectivity index (χ3n) is 5.31. The van der Waals surface area contributed by atoms with Crippen molar-refractivity contribution < 1.29 is 46.7 Å². The summed E-state index contributed by atoms with van der Waals surface area (Å²) >= 11 is 2.35. The van der Waals surface area contributed by atoms with Gasteiger partial charge in [0.25, 0.3) is 11.8 Å². The minimum atomic E-state index is -4.65. The van der Waals surface area contributed by atoms with Crippen LogP contribution in [0.25, 0.3) is 0 Å². The summed E-state index contributed by atoms with van der Waals surface area (Å²) in [6, 6.07) is 2.55. The number of halogens is 3. The summed E-state index contributed by atoms with van der Waals surface area (Å²) in [4.78, 5) is 60.0. The Kier molecular flexibility index (Phi) is 8.10. The first-order chi connectivity index (χ1) is 18.5. The van der Waals surface area contributed by atoms with Crippen LogP contribution in [-0.2, 0) is 34.9 Å². The molecule has 3 heterocycles. The molecule has 0 unspecified atom stereocenters. The maximum absolute atomic E-state index is 12.8. The summed E-state index contributed by atoms with van der Waals surface area (Å²) in [7, 11) is 1.23. The van der Waals surface area contributed by atoms with Crippen molar-refractivity contribution in [1.29, 1.82) is 0 Å². The van der Waals surface area contributed by atoms with Crippen LogP contribution < -0.4 is 11.1 Å². The van der Waals surface area contributed by atoms with Crippen molar-refractivity contribution in [2.45, 2.75) is 17.6 Å². The number of rotatable bonds is 8. The van der Waals surface area contributed by atoms with E-state index in [9.17, 15) is 32.3 Å². The molecule has 2 aromatic rings. The Morgan fingerprint density at radius 1 is 1.26 bits per heavy atom. The van der Waals surface area contributed by atoms with Crippen LogP contribution in [0.2, 0.25) is 0 Å². The Morgan fingerprint density at radius 2 is 2.00 bits per heavy atom. The normalized spacial score (nSPS) is 18.9. The molecule has 3 N–H and O–H groups in total. The number of nitrogen functional groups attached to an aromatic ring is 1. The third kappa shape index (κ3) is 5.98. The quantitative estimate of drug-likeness (QED) is 0.153. The van der Waals surface area contributed by atoms with E-state index in [2.05, 4.69) is 15.5 Å². The van der Waals surface area contributed by atoms with Crippen molar-refractivity contribution in [1.82, 2.24) is 15.2 Å².